The van der Waals surface area contributed by atoms with Crippen LogP contribution in [0.25, 0.3) is 10.9 Å². The summed E-state index contributed by atoms with van der Waals surface area (Å²) in [6, 6.07) is 14.9. The smallest absolute Gasteiger partial charge is 0.348 e. The number of carboxylic acid groups (broad SMARTS) is 1. The summed E-state index contributed by atoms with van der Waals surface area (Å²) in [7, 11) is 0. The summed E-state index contributed by atoms with van der Waals surface area (Å²) >= 11 is 1.50. The zero-order valence-corrected chi connectivity index (χ0v) is 18.5. The Bertz CT molecular complexity index is 1350. The lowest BCUT2D eigenvalue weighted by Gasteiger charge is -2.15. The summed E-state index contributed by atoms with van der Waals surface area (Å²) in [6.45, 7) is 1.70. The fourth-order valence-corrected chi connectivity index (χ4v) is 4.18. The third kappa shape index (κ3) is 5.27. The number of aliphatic carboxylic acids is 1. The second-order valence-corrected chi connectivity index (χ2v) is 8.50. The van der Waals surface area contributed by atoms with Crippen molar-refractivity contribution < 1.29 is 19.1 Å². The molecule has 0 bridgehead atoms. The average Bonchev–Trinajstić information content (AvgIpc) is 3.28. The van der Waals surface area contributed by atoms with Gasteiger partial charge in [0.05, 0.1) is 17.3 Å². The molecule has 0 fully saturated rings. The number of fused-ring (bicyclic) bond motifs is 1. The van der Waals surface area contributed by atoms with Gasteiger partial charge in [0.2, 0.25) is 5.91 Å². The molecule has 4 aromatic rings. The number of amides is 1. The van der Waals surface area contributed by atoms with Crippen molar-refractivity contribution in [3.63, 3.8) is 0 Å². The molecule has 0 aliphatic carbocycles. The molecule has 9 heteroatoms. The summed E-state index contributed by atoms with van der Waals surface area (Å²) in [5, 5.41) is 17.2. The molecule has 4 rings (SSSR count). The minimum absolute atomic E-state index is 0.176. The number of aromatic nitrogens is 1. The maximum Gasteiger partial charge on any atom is 0.348 e. The molecule has 1 amide bonds. The number of nitrogens with zero attached hydrogens (tertiary/aromatic N) is 1. The minimum atomic E-state index is -1.09. The number of thiophene rings is 1. The predicted molar refractivity (Wildman–Crippen MR) is 127 cm³/mol. The first-order valence-corrected chi connectivity index (χ1v) is 11.1. The van der Waals surface area contributed by atoms with Crippen LogP contribution >= 0.6 is 11.3 Å². The molecule has 3 N–H and O–H groups in total. The molecule has 0 aliphatic rings. The Morgan fingerprint density at radius 1 is 1.12 bits per heavy atom. The zero-order chi connectivity index (χ0) is 23.4. The monoisotopic (exact) mass is 463 g/mol. The summed E-state index contributed by atoms with van der Waals surface area (Å²) in [5.41, 5.74) is 1.51. The molecule has 0 saturated carbocycles. The SMILES string of the molecule is Cc1c(NC(=O)Cc2cccs2)ccc2nc(N[C@@H](Cc3ccccc3)C(=O)O)oc(=O)c12. The van der Waals surface area contributed by atoms with Gasteiger partial charge in [0.1, 0.15) is 6.04 Å². The standard InChI is InChI=1S/C24H21N3O5S/c1-14-17(25-20(28)13-16-8-5-11-33-16)9-10-18-21(14)23(31)32-24(26-18)27-19(22(29)30)12-15-6-3-2-4-7-15/h2-11,19H,12-13H2,1H3,(H,25,28)(H,26,27)(H,29,30)/t19-/m0/s1. The highest BCUT2D eigenvalue weighted by atomic mass is 32.1. The molecule has 8 nitrogen and oxygen atoms in total. The largest absolute Gasteiger partial charge is 0.480 e. The van der Waals surface area contributed by atoms with Gasteiger partial charge in [-0.2, -0.15) is 4.98 Å². The zero-order valence-electron chi connectivity index (χ0n) is 17.7. The number of carboxylic acids is 1. The van der Waals surface area contributed by atoms with Crippen molar-refractivity contribution in [2.45, 2.75) is 25.8 Å². The van der Waals surface area contributed by atoms with Gasteiger partial charge in [-0.25, -0.2) is 9.59 Å². The maximum atomic E-state index is 12.7. The van der Waals surface area contributed by atoms with Crippen molar-refractivity contribution in [2.75, 3.05) is 10.6 Å². The number of aryl methyl sites for hydroxylation is 1. The number of nitrogens with one attached hydrogen (secondary N) is 2. The van der Waals surface area contributed by atoms with E-state index < -0.39 is 17.6 Å². The lowest BCUT2D eigenvalue weighted by Crippen LogP contribution is -2.32. The molecule has 2 aromatic carbocycles. The molecule has 0 spiro atoms. The van der Waals surface area contributed by atoms with Crippen LogP contribution < -0.4 is 16.3 Å². The van der Waals surface area contributed by atoms with Crippen molar-refractivity contribution in [1.29, 1.82) is 0 Å². The van der Waals surface area contributed by atoms with E-state index in [1.807, 2.05) is 47.8 Å². The fraction of sp³-hybridized carbons (Fsp3) is 0.167. The van der Waals surface area contributed by atoms with Gasteiger partial charge in [0, 0.05) is 17.0 Å². The fourth-order valence-electron chi connectivity index (χ4n) is 3.48. The van der Waals surface area contributed by atoms with E-state index in [-0.39, 0.29) is 30.1 Å². The van der Waals surface area contributed by atoms with Crippen LogP contribution in [0.5, 0.6) is 0 Å². The second kappa shape index (κ2) is 9.66. The van der Waals surface area contributed by atoms with Crippen LogP contribution in [-0.4, -0.2) is 28.0 Å². The van der Waals surface area contributed by atoms with Crippen molar-refractivity contribution in [1.82, 2.24) is 4.98 Å². The Labute approximate surface area is 192 Å². The van der Waals surface area contributed by atoms with Gasteiger partial charge < -0.3 is 20.2 Å². The van der Waals surface area contributed by atoms with Crippen molar-refractivity contribution in [3.8, 4) is 0 Å². The highest BCUT2D eigenvalue weighted by Crippen LogP contribution is 2.24. The normalized spacial score (nSPS) is 11.8. The van der Waals surface area contributed by atoms with Crippen LogP contribution in [0.2, 0.25) is 0 Å². The Kier molecular flexibility index (Phi) is 6.50. The molecular weight excluding hydrogens is 442 g/mol. The van der Waals surface area contributed by atoms with E-state index in [9.17, 15) is 19.5 Å². The summed E-state index contributed by atoms with van der Waals surface area (Å²) < 4.78 is 5.28. The number of carbonyl (C=O) groups excluding carboxylic acids is 1. The number of hydrogen-bond donors (Lipinski definition) is 3. The first-order valence-electron chi connectivity index (χ1n) is 10.2. The van der Waals surface area contributed by atoms with Crippen molar-refractivity contribution >= 4 is 45.8 Å². The summed E-state index contributed by atoms with van der Waals surface area (Å²) in [6.07, 6.45) is 0.427. The first-order chi connectivity index (χ1) is 15.9. The van der Waals surface area contributed by atoms with E-state index in [1.165, 1.54) is 11.3 Å². The Balaban J connectivity index is 1.57. The van der Waals surface area contributed by atoms with Crippen molar-refractivity contribution in [2.24, 2.45) is 0 Å². The topological polar surface area (TPSA) is 122 Å². The summed E-state index contributed by atoms with van der Waals surface area (Å²) in [4.78, 5) is 42.0. The van der Waals surface area contributed by atoms with E-state index >= 15 is 0 Å². The lowest BCUT2D eigenvalue weighted by atomic mass is 10.1. The van der Waals surface area contributed by atoms with Crippen molar-refractivity contribution in [3.05, 3.63) is 86.4 Å². The molecule has 2 aromatic heterocycles. The van der Waals surface area contributed by atoms with Gasteiger partial charge in [-0.1, -0.05) is 36.4 Å². The lowest BCUT2D eigenvalue weighted by molar-refractivity contribution is -0.138. The van der Waals surface area contributed by atoms with E-state index in [0.29, 0.717) is 16.8 Å². The maximum absolute atomic E-state index is 12.7. The number of anilines is 2. The predicted octanol–water partition coefficient (Wildman–Crippen LogP) is 3.85. The van der Waals surface area contributed by atoms with E-state index in [4.69, 9.17) is 4.42 Å². The van der Waals surface area contributed by atoms with Gasteiger partial charge in [-0.15, -0.1) is 11.3 Å². The van der Waals surface area contributed by atoms with Gasteiger partial charge in [0.15, 0.2) is 0 Å². The first kappa shape index (κ1) is 22.2. The van der Waals surface area contributed by atoms with Crippen LogP contribution in [-0.2, 0) is 22.4 Å². The van der Waals surface area contributed by atoms with Crippen LogP contribution in [0.15, 0.2) is 69.2 Å². The second-order valence-electron chi connectivity index (χ2n) is 7.47. The van der Waals surface area contributed by atoms with E-state index in [0.717, 1.165) is 10.4 Å². The number of rotatable bonds is 8. The molecular formula is C24H21N3O5S. The minimum Gasteiger partial charge on any atom is -0.480 e. The van der Waals surface area contributed by atoms with E-state index in [1.54, 1.807) is 19.1 Å². The van der Waals surface area contributed by atoms with Gasteiger partial charge in [0.25, 0.3) is 6.01 Å². The number of benzene rings is 2. The average molecular weight is 464 g/mol. The Morgan fingerprint density at radius 2 is 1.91 bits per heavy atom. The number of carbonyl (C=O) groups is 2. The molecule has 0 radical (unpaired) electrons. The summed E-state index contributed by atoms with van der Waals surface area (Å²) in [5.74, 6) is -1.29. The molecule has 33 heavy (non-hydrogen) atoms. The number of hydrogen-bond acceptors (Lipinski definition) is 7. The van der Waals surface area contributed by atoms with Gasteiger partial charge in [-0.3, -0.25) is 4.79 Å². The molecule has 168 valence electrons. The molecule has 0 aliphatic heterocycles. The Hall–Kier alpha value is -3.98. The van der Waals surface area contributed by atoms with E-state index in [2.05, 4.69) is 15.6 Å². The van der Waals surface area contributed by atoms with Gasteiger partial charge in [-0.05, 0) is 41.6 Å². The van der Waals surface area contributed by atoms with Crippen LogP contribution in [0.1, 0.15) is 16.0 Å². The molecule has 0 unspecified atom stereocenters. The molecule has 2 heterocycles. The van der Waals surface area contributed by atoms with Gasteiger partial charge >= 0.3 is 11.6 Å². The highest BCUT2D eigenvalue weighted by Gasteiger charge is 2.21. The van der Waals surface area contributed by atoms with Crippen LogP contribution in [0.4, 0.5) is 11.7 Å². The third-order valence-electron chi connectivity index (χ3n) is 5.13. The highest BCUT2D eigenvalue weighted by molar-refractivity contribution is 7.10. The van der Waals surface area contributed by atoms with Crippen LogP contribution in [0, 0.1) is 6.92 Å². The molecule has 1 atom stereocenters. The molecule has 0 saturated heterocycles. The van der Waals surface area contributed by atoms with Crippen LogP contribution in [0.3, 0.4) is 0 Å². The Morgan fingerprint density at radius 3 is 2.61 bits per heavy atom. The quantitative estimate of drug-likeness (QED) is 0.363. The third-order valence-corrected chi connectivity index (χ3v) is 6.00.